The quantitative estimate of drug-likeness (QED) is 0.547. The lowest BCUT2D eigenvalue weighted by molar-refractivity contribution is 0.0644. The molecule has 100 valence electrons. The van der Waals surface area contributed by atoms with E-state index < -0.39 is 0 Å². The number of methoxy groups -OCH3 is 1. The van der Waals surface area contributed by atoms with Crippen molar-refractivity contribution in [1.82, 2.24) is 0 Å². The summed E-state index contributed by atoms with van der Waals surface area (Å²) >= 11 is 4.96. The van der Waals surface area contributed by atoms with E-state index in [-0.39, 0.29) is 0 Å². The molecule has 1 rings (SSSR count). The summed E-state index contributed by atoms with van der Waals surface area (Å²) < 4.78 is 15.8. The predicted molar refractivity (Wildman–Crippen MR) is 75.1 cm³/mol. The average Bonchev–Trinajstić information content (AvgIpc) is 2.38. The number of rotatable bonds is 9. The van der Waals surface area contributed by atoms with Crippen LogP contribution in [0.15, 0.2) is 24.3 Å². The highest BCUT2D eigenvalue weighted by Gasteiger charge is 2.04. The molecule has 0 bridgehead atoms. The number of nitrogens with two attached hydrogens (primary N) is 1. The van der Waals surface area contributed by atoms with Gasteiger partial charge in [0.05, 0.1) is 25.4 Å². The van der Waals surface area contributed by atoms with Crippen LogP contribution in [0.2, 0.25) is 0 Å². The van der Waals surface area contributed by atoms with Crippen LogP contribution in [0, 0.1) is 0 Å². The second-order valence-electron chi connectivity index (χ2n) is 3.67. The standard InChI is InChI=1S/C13H19NO3S/c1-15-9-10-16-7-4-8-17-12-6-3-2-5-11(12)13(14)18/h2-3,5-6H,4,7-10H2,1H3,(H2,14,18). The third-order valence-corrected chi connectivity index (χ3v) is 2.49. The Hall–Kier alpha value is -1.17. The molecule has 18 heavy (non-hydrogen) atoms. The average molecular weight is 269 g/mol. The molecule has 0 saturated carbocycles. The Morgan fingerprint density at radius 1 is 1.17 bits per heavy atom. The summed E-state index contributed by atoms with van der Waals surface area (Å²) in [5, 5.41) is 0. The molecule has 0 fully saturated rings. The molecule has 0 radical (unpaired) electrons. The van der Waals surface area contributed by atoms with Crippen molar-refractivity contribution in [2.45, 2.75) is 6.42 Å². The summed E-state index contributed by atoms with van der Waals surface area (Å²) in [5.74, 6) is 0.724. The van der Waals surface area contributed by atoms with Gasteiger partial charge in [-0.15, -0.1) is 0 Å². The van der Waals surface area contributed by atoms with E-state index in [1.807, 2.05) is 24.3 Å². The summed E-state index contributed by atoms with van der Waals surface area (Å²) in [4.78, 5) is 0.349. The summed E-state index contributed by atoms with van der Waals surface area (Å²) in [6, 6.07) is 7.49. The number of para-hydroxylation sites is 1. The Morgan fingerprint density at radius 2 is 1.94 bits per heavy atom. The highest BCUT2D eigenvalue weighted by atomic mass is 32.1. The van der Waals surface area contributed by atoms with Gasteiger partial charge in [0.2, 0.25) is 0 Å². The SMILES string of the molecule is COCCOCCCOc1ccccc1C(N)=S. The minimum absolute atomic E-state index is 0.349. The van der Waals surface area contributed by atoms with Crippen molar-refractivity contribution >= 4 is 17.2 Å². The van der Waals surface area contributed by atoms with E-state index in [1.165, 1.54) is 0 Å². The van der Waals surface area contributed by atoms with Crippen LogP contribution in [0.25, 0.3) is 0 Å². The number of ether oxygens (including phenoxy) is 3. The molecular weight excluding hydrogens is 250 g/mol. The van der Waals surface area contributed by atoms with Gasteiger partial charge in [0.25, 0.3) is 0 Å². The first-order valence-electron chi connectivity index (χ1n) is 5.84. The van der Waals surface area contributed by atoms with Crippen molar-refractivity contribution in [3.8, 4) is 5.75 Å². The van der Waals surface area contributed by atoms with Gasteiger partial charge < -0.3 is 19.9 Å². The van der Waals surface area contributed by atoms with E-state index in [0.717, 1.165) is 17.7 Å². The first-order chi connectivity index (χ1) is 8.75. The van der Waals surface area contributed by atoms with Gasteiger partial charge in [-0.2, -0.15) is 0 Å². The highest BCUT2D eigenvalue weighted by molar-refractivity contribution is 7.80. The fourth-order valence-electron chi connectivity index (χ4n) is 1.38. The molecule has 4 nitrogen and oxygen atoms in total. The molecule has 0 aliphatic heterocycles. The molecule has 0 aromatic heterocycles. The van der Waals surface area contributed by atoms with E-state index in [4.69, 9.17) is 32.2 Å². The van der Waals surface area contributed by atoms with Crippen LogP contribution in [0.5, 0.6) is 5.75 Å². The maximum atomic E-state index is 5.63. The first-order valence-corrected chi connectivity index (χ1v) is 6.25. The summed E-state index contributed by atoms with van der Waals surface area (Å²) in [7, 11) is 1.65. The highest BCUT2D eigenvalue weighted by Crippen LogP contribution is 2.17. The number of thiocarbonyl (C=S) groups is 1. The van der Waals surface area contributed by atoms with E-state index in [0.29, 0.717) is 31.4 Å². The van der Waals surface area contributed by atoms with E-state index in [1.54, 1.807) is 7.11 Å². The lowest BCUT2D eigenvalue weighted by Crippen LogP contribution is -2.12. The van der Waals surface area contributed by atoms with Crippen LogP contribution in [0.4, 0.5) is 0 Å². The van der Waals surface area contributed by atoms with Gasteiger partial charge in [0.15, 0.2) is 0 Å². The molecule has 1 aromatic rings. The lowest BCUT2D eigenvalue weighted by Gasteiger charge is -2.10. The van der Waals surface area contributed by atoms with Crippen molar-refractivity contribution in [2.75, 3.05) is 33.5 Å². The fourth-order valence-corrected chi connectivity index (χ4v) is 1.55. The number of hydrogen-bond acceptors (Lipinski definition) is 4. The van der Waals surface area contributed by atoms with Crippen LogP contribution < -0.4 is 10.5 Å². The molecule has 0 saturated heterocycles. The van der Waals surface area contributed by atoms with Crippen molar-refractivity contribution in [3.05, 3.63) is 29.8 Å². The van der Waals surface area contributed by atoms with Gasteiger partial charge in [-0.1, -0.05) is 24.4 Å². The zero-order chi connectivity index (χ0) is 13.2. The van der Waals surface area contributed by atoms with Crippen LogP contribution in [0.3, 0.4) is 0 Å². The zero-order valence-corrected chi connectivity index (χ0v) is 11.4. The number of benzene rings is 1. The second kappa shape index (κ2) is 8.85. The van der Waals surface area contributed by atoms with Gasteiger partial charge in [-0.25, -0.2) is 0 Å². The van der Waals surface area contributed by atoms with Crippen LogP contribution in [0.1, 0.15) is 12.0 Å². The topological polar surface area (TPSA) is 53.7 Å². The van der Waals surface area contributed by atoms with Gasteiger partial charge in [-0.05, 0) is 12.1 Å². The maximum Gasteiger partial charge on any atom is 0.129 e. The molecule has 2 N–H and O–H groups in total. The molecule has 5 heteroatoms. The fraction of sp³-hybridized carbons (Fsp3) is 0.462. The predicted octanol–water partition coefficient (Wildman–Crippen LogP) is 1.75. The molecule has 0 amide bonds. The van der Waals surface area contributed by atoms with Crippen LogP contribution in [-0.4, -0.2) is 38.5 Å². The smallest absolute Gasteiger partial charge is 0.129 e. The molecule has 0 heterocycles. The molecule has 0 atom stereocenters. The molecular formula is C13H19NO3S. The molecule has 0 aliphatic rings. The Balaban J connectivity index is 2.25. The zero-order valence-electron chi connectivity index (χ0n) is 10.6. The Bertz CT molecular complexity index is 371. The van der Waals surface area contributed by atoms with E-state index in [9.17, 15) is 0 Å². The van der Waals surface area contributed by atoms with Crippen molar-refractivity contribution in [3.63, 3.8) is 0 Å². The summed E-state index contributed by atoms with van der Waals surface area (Å²) in [6.45, 7) is 2.45. The van der Waals surface area contributed by atoms with Crippen molar-refractivity contribution in [1.29, 1.82) is 0 Å². The Morgan fingerprint density at radius 3 is 2.67 bits per heavy atom. The molecule has 0 aliphatic carbocycles. The Kier molecular flexibility index (Phi) is 7.32. The molecule has 0 unspecified atom stereocenters. The van der Waals surface area contributed by atoms with Gasteiger partial charge in [0, 0.05) is 20.1 Å². The minimum atomic E-state index is 0.349. The van der Waals surface area contributed by atoms with Gasteiger partial charge >= 0.3 is 0 Å². The maximum absolute atomic E-state index is 5.63. The monoisotopic (exact) mass is 269 g/mol. The molecule has 1 aromatic carbocycles. The minimum Gasteiger partial charge on any atom is -0.493 e. The van der Waals surface area contributed by atoms with Crippen LogP contribution in [-0.2, 0) is 9.47 Å². The normalized spacial score (nSPS) is 10.3. The van der Waals surface area contributed by atoms with E-state index >= 15 is 0 Å². The second-order valence-corrected chi connectivity index (χ2v) is 4.11. The third-order valence-electron chi connectivity index (χ3n) is 2.27. The first kappa shape index (κ1) is 14.9. The van der Waals surface area contributed by atoms with Crippen LogP contribution >= 0.6 is 12.2 Å². The Labute approximate surface area is 113 Å². The van der Waals surface area contributed by atoms with Crippen molar-refractivity contribution < 1.29 is 14.2 Å². The van der Waals surface area contributed by atoms with E-state index in [2.05, 4.69) is 0 Å². The summed E-state index contributed by atoms with van der Waals surface area (Å²) in [6.07, 6.45) is 0.815. The lowest BCUT2D eigenvalue weighted by atomic mass is 10.2. The molecule has 0 spiro atoms. The number of hydrogen-bond donors (Lipinski definition) is 1. The summed E-state index contributed by atoms with van der Waals surface area (Å²) in [5.41, 5.74) is 6.38. The largest absolute Gasteiger partial charge is 0.493 e. The third kappa shape index (κ3) is 5.44. The van der Waals surface area contributed by atoms with Gasteiger partial charge in [0.1, 0.15) is 10.7 Å². The van der Waals surface area contributed by atoms with Gasteiger partial charge in [-0.3, -0.25) is 0 Å². The van der Waals surface area contributed by atoms with Crippen molar-refractivity contribution in [2.24, 2.45) is 5.73 Å².